The smallest absolute Gasteiger partial charge is 0.258 e. The van der Waals surface area contributed by atoms with E-state index in [1.54, 1.807) is 6.07 Å². The number of nitrogens with one attached hydrogen (secondary N) is 2. The van der Waals surface area contributed by atoms with Gasteiger partial charge in [-0.3, -0.25) is 9.59 Å². The molecule has 2 aromatic carbocycles. The second kappa shape index (κ2) is 9.98. The molecule has 2 amide bonds. The number of rotatable bonds is 6. The van der Waals surface area contributed by atoms with Gasteiger partial charge in [0, 0.05) is 29.7 Å². The lowest BCUT2D eigenvalue weighted by Crippen LogP contribution is -2.45. The first-order valence-corrected chi connectivity index (χ1v) is 11.8. The highest BCUT2D eigenvalue weighted by molar-refractivity contribution is 6.38. The molecular formula is C26H31ClN4O2. The molecule has 0 atom stereocenters. The number of carbonyl (C=O) groups excluding carboxylic acids is 2. The zero-order chi connectivity index (χ0) is 23.5. The summed E-state index contributed by atoms with van der Waals surface area (Å²) < 4.78 is 0. The van der Waals surface area contributed by atoms with E-state index in [0.717, 1.165) is 48.2 Å². The molecule has 0 bridgehead atoms. The van der Waals surface area contributed by atoms with Crippen molar-refractivity contribution in [3.63, 3.8) is 0 Å². The summed E-state index contributed by atoms with van der Waals surface area (Å²) in [6, 6.07) is 16.0. The lowest BCUT2D eigenvalue weighted by atomic mass is 9.89. The fourth-order valence-corrected chi connectivity index (χ4v) is 4.87. The van der Waals surface area contributed by atoms with Crippen LogP contribution in [0.1, 0.15) is 36.8 Å². The van der Waals surface area contributed by atoms with Gasteiger partial charge in [0.25, 0.3) is 5.91 Å². The molecule has 33 heavy (non-hydrogen) atoms. The molecule has 1 aliphatic carbocycles. The molecule has 1 fully saturated rings. The topological polar surface area (TPSA) is 64.7 Å². The van der Waals surface area contributed by atoms with Gasteiger partial charge in [-0.25, -0.2) is 0 Å². The van der Waals surface area contributed by atoms with Crippen LogP contribution >= 0.6 is 11.6 Å². The third-order valence-electron chi connectivity index (χ3n) is 6.48. The summed E-state index contributed by atoms with van der Waals surface area (Å²) in [5, 5.41) is 7.24. The minimum atomic E-state index is -0.124. The highest BCUT2D eigenvalue weighted by Crippen LogP contribution is 2.38. The van der Waals surface area contributed by atoms with Crippen LogP contribution in [0.5, 0.6) is 0 Å². The Kier molecular flexibility index (Phi) is 7.05. The highest BCUT2D eigenvalue weighted by Gasteiger charge is 2.31. The van der Waals surface area contributed by atoms with Crippen molar-refractivity contribution in [2.75, 3.05) is 33.0 Å². The van der Waals surface area contributed by atoms with Gasteiger partial charge in [0.05, 0.1) is 23.5 Å². The van der Waals surface area contributed by atoms with E-state index in [4.69, 9.17) is 11.6 Å². The number of benzene rings is 2. The first kappa shape index (κ1) is 23.3. The van der Waals surface area contributed by atoms with Gasteiger partial charge in [0.15, 0.2) is 0 Å². The quantitative estimate of drug-likeness (QED) is 0.629. The summed E-state index contributed by atoms with van der Waals surface area (Å²) in [6.07, 6.45) is 3.73. The van der Waals surface area contributed by atoms with Crippen molar-refractivity contribution in [2.45, 2.75) is 37.8 Å². The summed E-state index contributed by atoms with van der Waals surface area (Å²) >= 11 is 6.15. The van der Waals surface area contributed by atoms with Gasteiger partial charge >= 0.3 is 0 Å². The second-order valence-corrected chi connectivity index (χ2v) is 9.59. The van der Waals surface area contributed by atoms with Gasteiger partial charge in [-0.2, -0.15) is 0 Å². The maximum atomic E-state index is 13.0. The van der Waals surface area contributed by atoms with Crippen LogP contribution in [0.3, 0.4) is 0 Å². The number of nitrogens with zero attached hydrogens (tertiary/aromatic N) is 2. The van der Waals surface area contributed by atoms with Crippen LogP contribution in [0.25, 0.3) is 11.3 Å². The summed E-state index contributed by atoms with van der Waals surface area (Å²) in [6.45, 7) is 0.428. The van der Waals surface area contributed by atoms with Crippen molar-refractivity contribution in [3.8, 4) is 0 Å². The number of halogens is 1. The minimum Gasteiger partial charge on any atom is -0.381 e. The standard InChI is InChI=1S/C26H31ClN4O2/c1-30(2)16-23(32)31(3)20-12-10-19(11-13-20)28-25(17-7-5-4-6-8-17)24-21-14-9-18(27)15-22(21)29-26(24)33/h4-9,14-15,19-20,28H,10-13,16H2,1-3H3,(H,29,33)/b25-24-. The van der Waals surface area contributed by atoms with Crippen molar-refractivity contribution in [2.24, 2.45) is 0 Å². The molecule has 0 aromatic heterocycles. The van der Waals surface area contributed by atoms with Gasteiger partial charge in [-0.05, 0) is 57.5 Å². The highest BCUT2D eigenvalue weighted by atomic mass is 35.5. The molecule has 4 rings (SSSR count). The summed E-state index contributed by atoms with van der Waals surface area (Å²) in [4.78, 5) is 29.3. The predicted octanol–water partition coefficient (Wildman–Crippen LogP) is 4.08. The van der Waals surface area contributed by atoms with Crippen molar-refractivity contribution in [1.82, 2.24) is 15.1 Å². The normalized spacial score (nSPS) is 21.4. The van der Waals surface area contributed by atoms with E-state index < -0.39 is 0 Å². The van der Waals surface area contributed by atoms with Crippen molar-refractivity contribution in [1.29, 1.82) is 0 Å². The van der Waals surface area contributed by atoms with Gasteiger partial charge in [0.2, 0.25) is 5.91 Å². The Morgan fingerprint density at radius 2 is 1.76 bits per heavy atom. The van der Waals surface area contributed by atoms with Crippen LogP contribution in [-0.4, -0.2) is 61.4 Å². The monoisotopic (exact) mass is 466 g/mol. The van der Waals surface area contributed by atoms with Crippen LogP contribution in [0.15, 0.2) is 48.5 Å². The molecule has 7 heteroatoms. The third-order valence-corrected chi connectivity index (χ3v) is 6.71. The molecule has 2 aromatic rings. The maximum Gasteiger partial charge on any atom is 0.258 e. The summed E-state index contributed by atoms with van der Waals surface area (Å²) in [5.74, 6) is 0.0303. The van der Waals surface area contributed by atoms with Gasteiger partial charge in [-0.15, -0.1) is 0 Å². The molecule has 6 nitrogen and oxygen atoms in total. The average molecular weight is 467 g/mol. The number of amides is 2. The molecular weight excluding hydrogens is 436 g/mol. The fourth-order valence-electron chi connectivity index (χ4n) is 4.70. The van der Waals surface area contributed by atoms with Crippen LogP contribution in [0, 0.1) is 0 Å². The molecule has 1 saturated carbocycles. The lowest BCUT2D eigenvalue weighted by molar-refractivity contribution is -0.133. The zero-order valence-corrected chi connectivity index (χ0v) is 20.2. The largest absolute Gasteiger partial charge is 0.381 e. The third kappa shape index (κ3) is 5.23. The Labute approximate surface area is 200 Å². The van der Waals surface area contributed by atoms with Crippen molar-refractivity contribution >= 4 is 40.4 Å². The molecule has 2 N–H and O–H groups in total. The molecule has 2 aliphatic rings. The maximum absolute atomic E-state index is 13.0. The van der Waals surface area contributed by atoms with Crippen LogP contribution < -0.4 is 10.6 Å². The van der Waals surface area contributed by atoms with E-state index in [-0.39, 0.29) is 23.9 Å². The molecule has 0 unspecified atom stereocenters. The van der Waals surface area contributed by atoms with E-state index in [1.165, 1.54) is 0 Å². The lowest BCUT2D eigenvalue weighted by Gasteiger charge is -2.36. The molecule has 1 aliphatic heterocycles. The van der Waals surface area contributed by atoms with E-state index in [9.17, 15) is 9.59 Å². The van der Waals surface area contributed by atoms with Crippen molar-refractivity contribution < 1.29 is 9.59 Å². The van der Waals surface area contributed by atoms with Gasteiger partial charge in [0.1, 0.15) is 0 Å². The number of hydrogen-bond acceptors (Lipinski definition) is 4. The van der Waals surface area contributed by atoms with E-state index >= 15 is 0 Å². The Bertz CT molecular complexity index is 1060. The van der Waals surface area contributed by atoms with E-state index in [2.05, 4.69) is 10.6 Å². The Morgan fingerprint density at radius 1 is 1.06 bits per heavy atom. The Hall–Kier alpha value is -2.83. The molecule has 0 spiro atoms. The summed E-state index contributed by atoms with van der Waals surface area (Å²) in [7, 11) is 5.74. The molecule has 0 saturated heterocycles. The fraction of sp³-hybridized carbons (Fsp3) is 0.385. The average Bonchev–Trinajstić information content (AvgIpc) is 3.12. The summed E-state index contributed by atoms with van der Waals surface area (Å²) in [5.41, 5.74) is 4.06. The van der Waals surface area contributed by atoms with Gasteiger partial charge in [-0.1, -0.05) is 48.0 Å². The molecule has 174 valence electrons. The number of carbonyl (C=O) groups is 2. The minimum absolute atomic E-state index is 0.124. The SMILES string of the molecule is CN(C)CC(=O)N(C)C1CCC(N/C(=C2\C(=O)Nc3cc(Cl)ccc32)c2ccccc2)CC1. The van der Waals surface area contributed by atoms with Crippen LogP contribution in [0.2, 0.25) is 5.02 Å². The molecule has 0 radical (unpaired) electrons. The number of hydrogen-bond donors (Lipinski definition) is 2. The van der Waals surface area contributed by atoms with E-state index in [0.29, 0.717) is 17.1 Å². The second-order valence-electron chi connectivity index (χ2n) is 9.15. The van der Waals surface area contributed by atoms with E-state index in [1.807, 2.05) is 73.4 Å². The van der Waals surface area contributed by atoms with Gasteiger partial charge < -0.3 is 20.4 Å². The number of fused-ring (bicyclic) bond motifs is 1. The number of anilines is 1. The Balaban J connectivity index is 1.55. The van der Waals surface area contributed by atoms with Crippen molar-refractivity contribution in [3.05, 3.63) is 64.7 Å². The first-order chi connectivity index (χ1) is 15.8. The number of likely N-dealkylation sites (N-methyl/N-ethyl adjacent to an activating group) is 2. The molecule has 1 heterocycles. The zero-order valence-electron chi connectivity index (χ0n) is 19.4. The van der Waals surface area contributed by atoms with Crippen LogP contribution in [0.4, 0.5) is 5.69 Å². The Morgan fingerprint density at radius 3 is 2.42 bits per heavy atom. The van der Waals surface area contributed by atoms with Crippen LogP contribution in [-0.2, 0) is 9.59 Å². The first-order valence-electron chi connectivity index (χ1n) is 11.4. The predicted molar refractivity (Wildman–Crippen MR) is 134 cm³/mol.